The van der Waals surface area contributed by atoms with Crippen LogP contribution in [0.15, 0.2) is 4.99 Å². The van der Waals surface area contributed by atoms with Crippen LogP contribution >= 0.6 is 11.8 Å². The predicted octanol–water partition coefficient (Wildman–Crippen LogP) is 2.96. The van der Waals surface area contributed by atoms with Crippen molar-refractivity contribution < 1.29 is 4.74 Å². The highest BCUT2D eigenvalue weighted by atomic mass is 32.2. The van der Waals surface area contributed by atoms with E-state index in [1.54, 1.807) is 7.11 Å². The van der Waals surface area contributed by atoms with Gasteiger partial charge >= 0.3 is 0 Å². The van der Waals surface area contributed by atoms with Crippen molar-refractivity contribution in [3.8, 4) is 0 Å². The monoisotopic (exact) mass is 384 g/mol. The predicted molar refractivity (Wildman–Crippen MR) is 114 cm³/mol. The molecule has 0 aromatic rings. The summed E-state index contributed by atoms with van der Waals surface area (Å²) in [6.07, 6.45) is 7.79. The average Bonchev–Trinajstić information content (AvgIpc) is 2.66. The molecule has 1 aliphatic heterocycles. The van der Waals surface area contributed by atoms with Crippen LogP contribution in [0, 0.1) is 5.92 Å². The molecule has 1 saturated heterocycles. The highest BCUT2D eigenvalue weighted by molar-refractivity contribution is 7.99. The minimum Gasteiger partial charge on any atom is -0.383 e. The summed E-state index contributed by atoms with van der Waals surface area (Å²) in [7, 11) is 1.78. The summed E-state index contributed by atoms with van der Waals surface area (Å²) < 4.78 is 5.19. The maximum absolute atomic E-state index is 5.19. The van der Waals surface area contributed by atoms with Gasteiger partial charge in [0.1, 0.15) is 0 Å². The summed E-state index contributed by atoms with van der Waals surface area (Å²) in [5, 5.41) is 8.00. The average molecular weight is 385 g/mol. The van der Waals surface area contributed by atoms with E-state index in [1.165, 1.54) is 57.4 Å². The summed E-state index contributed by atoms with van der Waals surface area (Å²) in [5.41, 5.74) is 0. The third-order valence-electron chi connectivity index (χ3n) is 5.54. The van der Waals surface area contributed by atoms with E-state index in [-0.39, 0.29) is 0 Å². The summed E-state index contributed by atoms with van der Waals surface area (Å²) in [5.74, 6) is 2.98. The Morgan fingerprint density at radius 1 is 1.19 bits per heavy atom. The zero-order valence-electron chi connectivity index (χ0n) is 17.1. The first-order valence-electron chi connectivity index (χ1n) is 10.6. The third kappa shape index (κ3) is 8.05. The molecule has 0 radical (unpaired) electrons. The smallest absolute Gasteiger partial charge is 0.191 e. The molecule has 2 atom stereocenters. The van der Waals surface area contributed by atoms with E-state index in [2.05, 4.69) is 41.1 Å². The zero-order valence-corrected chi connectivity index (χ0v) is 18.0. The van der Waals surface area contributed by atoms with Gasteiger partial charge in [0.05, 0.1) is 6.61 Å². The molecular weight excluding hydrogens is 344 g/mol. The van der Waals surface area contributed by atoms with Crippen molar-refractivity contribution in [2.75, 3.05) is 52.2 Å². The summed E-state index contributed by atoms with van der Waals surface area (Å²) >= 11 is 2.12. The number of rotatable bonds is 9. The molecule has 1 aliphatic carbocycles. The van der Waals surface area contributed by atoms with Gasteiger partial charge in [-0.1, -0.05) is 13.3 Å². The van der Waals surface area contributed by atoms with Crippen molar-refractivity contribution in [3.63, 3.8) is 0 Å². The number of guanidine groups is 1. The molecule has 5 nitrogen and oxygen atoms in total. The Morgan fingerprint density at radius 3 is 2.69 bits per heavy atom. The molecule has 2 N–H and O–H groups in total. The fourth-order valence-corrected chi connectivity index (χ4v) is 5.18. The lowest BCUT2D eigenvalue weighted by atomic mass is 9.95. The van der Waals surface area contributed by atoms with Gasteiger partial charge in [0.2, 0.25) is 0 Å². The van der Waals surface area contributed by atoms with Gasteiger partial charge < -0.3 is 20.3 Å². The Hall–Kier alpha value is -0.460. The maximum atomic E-state index is 5.19. The molecule has 0 amide bonds. The van der Waals surface area contributed by atoms with Gasteiger partial charge in [-0.05, 0) is 63.8 Å². The van der Waals surface area contributed by atoms with Gasteiger partial charge in [-0.3, -0.25) is 4.99 Å². The Labute approximate surface area is 165 Å². The topological polar surface area (TPSA) is 48.9 Å². The molecule has 6 heteroatoms. The first-order chi connectivity index (χ1) is 12.7. The van der Waals surface area contributed by atoms with E-state index in [1.807, 2.05) is 0 Å². The molecule has 0 bridgehead atoms. The number of piperidine rings is 1. The van der Waals surface area contributed by atoms with E-state index < -0.39 is 0 Å². The van der Waals surface area contributed by atoms with Gasteiger partial charge in [-0.15, -0.1) is 0 Å². The van der Waals surface area contributed by atoms with Crippen LogP contribution in [-0.2, 0) is 4.74 Å². The lowest BCUT2D eigenvalue weighted by molar-refractivity contribution is 0.121. The molecule has 2 aliphatic rings. The lowest BCUT2D eigenvalue weighted by Gasteiger charge is -2.32. The molecule has 2 rings (SSSR count). The second-order valence-electron chi connectivity index (χ2n) is 7.58. The van der Waals surface area contributed by atoms with Crippen molar-refractivity contribution in [1.82, 2.24) is 15.5 Å². The number of hydrogen-bond acceptors (Lipinski definition) is 4. The fourth-order valence-electron chi connectivity index (χ4n) is 4.01. The van der Waals surface area contributed by atoms with Gasteiger partial charge in [0.25, 0.3) is 0 Å². The molecular formula is C20H40N4OS. The normalized spacial score (nSPS) is 26.0. The highest BCUT2D eigenvalue weighted by Crippen LogP contribution is 2.28. The SMILES string of the molecule is CCNC(=NCC1CCN(CCOC)CC1)NC1CCCC(SCC)C1. The van der Waals surface area contributed by atoms with Crippen LogP contribution in [0.1, 0.15) is 52.4 Å². The van der Waals surface area contributed by atoms with Gasteiger partial charge in [-0.2, -0.15) is 11.8 Å². The molecule has 152 valence electrons. The van der Waals surface area contributed by atoms with Crippen LogP contribution in [0.4, 0.5) is 0 Å². The summed E-state index contributed by atoms with van der Waals surface area (Å²) in [6.45, 7) is 10.6. The minimum atomic E-state index is 0.585. The highest BCUT2D eigenvalue weighted by Gasteiger charge is 2.23. The van der Waals surface area contributed by atoms with Crippen LogP contribution in [0.3, 0.4) is 0 Å². The van der Waals surface area contributed by atoms with Crippen LogP contribution in [-0.4, -0.2) is 74.3 Å². The minimum absolute atomic E-state index is 0.585. The van der Waals surface area contributed by atoms with Crippen LogP contribution in [0.2, 0.25) is 0 Å². The van der Waals surface area contributed by atoms with Gasteiger partial charge in [0.15, 0.2) is 5.96 Å². The largest absolute Gasteiger partial charge is 0.383 e. The zero-order chi connectivity index (χ0) is 18.6. The lowest BCUT2D eigenvalue weighted by Crippen LogP contribution is -2.46. The number of nitrogens with one attached hydrogen (secondary N) is 2. The number of thioether (sulfide) groups is 1. The Morgan fingerprint density at radius 2 is 2.00 bits per heavy atom. The van der Waals surface area contributed by atoms with Crippen molar-refractivity contribution >= 4 is 17.7 Å². The Balaban J connectivity index is 1.76. The van der Waals surface area contributed by atoms with E-state index in [0.717, 1.165) is 43.4 Å². The van der Waals surface area contributed by atoms with Crippen molar-refractivity contribution in [2.45, 2.75) is 63.7 Å². The molecule has 2 unspecified atom stereocenters. The molecule has 2 fully saturated rings. The first kappa shape index (κ1) is 21.8. The quantitative estimate of drug-likeness (QED) is 0.473. The second kappa shape index (κ2) is 12.8. The number of methoxy groups -OCH3 is 1. The molecule has 0 spiro atoms. The number of likely N-dealkylation sites (tertiary alicyclic amines) is 1. The molecule has 1 saturated carbocycles. The number of ether oxygens (including phenoxy) is 1. The van der Waals surface area contributed by atoms with Gasteiger partial charge in [0, 0.05) is 38.0 Å². The van der Waals surface area contributed by atoms with E-state index >= 15 is 0 Å². The maximum Gasteiger partial charge on any atom is 0.191 e. The van der Waals surface area contributed by atoms with Crippen LogP contribution < -0.4 is 10.6 Å². The summed E-state index contributed by atoms with van der Waals surface area (Å²) in [4.78, 5) is 7.45. The second-order valence-corrected chi connectivity index (χ2v) is 9.16. The van der Waals surface area contributed by atoms with Gasteiger partial charge in [-0.25, -0.2) is 0 Å². The molecule has 0 aromatic heterocycles. The molecule has 0 aromatic carbocycles. The van der Waals surface area contributed by atoms with Crippen LogP contribution in [0.5, 0.6) is 0 Å². The molecule has 26 heavy (non-hydrogen) atoms. The third-order valence-corrected chi connectivity index (χ3v) is 6.77. The van der Waals surface area contributed by atoms with Crippen molar-refractivity contribution in [2.24, 2.45) is 10.9 Å². The van der Waals surface area contributed by atoms with Crippen LogP contribution in [0.25, 0.3) is 0 Å². The number of nitrogens with zero attached hydrogens (tertiary/aromatic N) is 2. The standard InChI is InChI=1S/C20H40N4OS/c1-4-21-20(23-18-7-6-8-19(15-18)26-5-2)22-16-17-9-11-24(12-10-17)13-14-25-3/h17-19H,4-16H2,1-3H3,(H2,21,22,23). The summed E-state index contributed by atoms with van der Waals surface area (Å²) in [6, 6.07) is 0.585. The Bertz CT molecular complexity index is 397. The molecule has 1 heterocycles. The Kier molecular flexibility index (Phi) is 10.8. The van der Waals surface area contributed by atoms with E-state index in [4.69, 9.17) is 9.73 Å². The first-order valence-corrected chi connectivity index (χ1v) is 11.7. The van der Waals surface area contributed by atoms with E-state index in [0.29, 0.717) is 6.04 Å². The number of aliphatic imine (C=N–C) groups is 1. The van der Waals surface area contributed by atoms with Crippen molar-refractivity contribution in [3.05, 3.63) is 0 Å². The number of hydrogen-bond donors (Lipinski definition) is 2. The van der Waals surface area contributed by atoms with E-state index in [9.17, 15) is 0 Å². The fraction of sp³-hybridized carbons (Fsp3) is 0.950. The van der Waals surface area contributed by atoms with Crippen molar-refractivity contribution in [1.29, 1.82) is 0 Å².